The Balaban J connectivity index is 2.31. The summed E-state index contributed by atoms with van der Waals surface area (Å²) in [6.45, 7) is 2.42. The molecule has 0 aromatic carbocycles. The number of thiazole rings is 1. The minimum Gasteiger partial charge on any atom is -0.398 e. The van der Waals surface area contributed by atoms with Crippen molar-refractivity contribution in [1.82, 2.24) is 9.55 Å². The summed E-state index contributed by atoms with van der Waals surface area (Å²) < 4.78 is 1.56. The van der Waals surface area contributed by atoms with Gasteiger partial charge >= 0.3 is 0 Å². The van der Waals surface area contributed by atoms with Crippen LogP contribution in [0.15, 0.2) is 28.5 Å². The van der Waals surface area contributed by atoms with E-state index in [1.54, 1.807) is 28.2 Å². The number of nitrogens with zero attached hydrogens (tertiary/aromatic N) is 2. The zero-order chi connectivity index (χ0) is 10.8. The monoisotopic (exact) mass is 221 g/mol. The summed E-state index contributed by atoms with van der Waals surface area (Å²) in [4.78, 5) is 15.8. The number of hydrogen-bond acceptors (Lipinski definition) is 4. The molecule has 0 atom stereocenters. The Kier molecular flexibility index (Phi) is 2.55. The molecular weight excluding hydrogens is 210 g/mol. The highest BCUT2D eigenvalue weighted by molar-refractivity contribution is 7.09. The molecule has 0 spiro atoms. The van der Waals surface area contributed by atoms with Crippen LogP contribution >= 0.6 is 11.3 Å². The molecule has 0 aliphatic heterocycles. The van der Waals surface area contributed by atoms with Crippen molar-refractivity contribution in [1.29, 1.82) is 0 Å². The highest BCUT2D eigenvalue weighted by Gasteiger charge is 2.01. The molecule has 15 heavy (non-hydrogen) atoms. The Hall–Kier alpha value is -1.62. The molecule has 0 amide bonds. The van der Waals surface area contributed by atoms with E-state index in [1.165, 1.54) is 6.07 Å². The van der Waals surface area contributed by atoms with Crippen LogP contribution in [-0.2, 0) is 6.54 Å². The molecular formula is C10H11N3OS. The Morgan fingerprint density at radius 2 is 2.33 bits per heavy atom. The summed E-state index contributed by atoms with van der Waals surface area (Å²) in [7, 11) is 0. The molecule has 0 fully saturated rings. The molecule has 0 radical (unpaired) electrons. The first kappa shape index (κ1) is 9.92. The largest absolute Gasteiger partial charge is 0.398 e. The van der Waals surface area contributed by atoms with Gasteiger partial charge in [0.2, 0.25) is 0 Å². The summed E-state index contributed by atoms with van der Waals surface area (Å²) in [5, 5.41) is 2.88. The molecule has 0 saturated carbocycles. The molecule has 0 aliphatic carbocycles. The van der Waals surface area contributed by atoms with Gasteiger partial charge < -0.3 is 10.3 Å². The van der Waals surface area contributed by atoms with E-state index in [4.69, 9.17) is 5.73 Å². The molecule has 0 aliphatic rings. The van der Waals surface area contributed by atoms with Crippen LogP contribution in [0.3, 0.4) is 0 Å². The molecule has 0 bridgehead atoms. The summed E-state index contributed by atoms with van der Waals surface area (Å²) in [6, 6.07) is 3.07. The quantitative estimate of drug-likeness (QED) is 0.830. The van der Waals surface area contributed by atoms with Crippen molar-refractivity contribution in [2.75, 3.05) is 5.73 Å². The third kappa shape index (κ3) is 2.24. The maximum absolute atomic E-state index is 11.5. The molecule has 78 valence electrons. The van der Waals surface area contributed by atoms with E-state index in [-0.39, 0.29) is 5.56 Å². The first-order valence-corrected chi connectivity index (χ1v) is 5.40. The number of nitrogens with two attached hydrogens (primary N) is 1. The van der Waals surface area contributed by atoms with Crippen LogP contribution < -0.4 is 11.3 Å². The van der Waals surface area contributed by atoms with Gasteiger partial charge in [0.05, 0.1) is 6.54 Å². The van der Waals surface area contributed by atoms with Gasteiger partial charge in [-0.1, -0.05) is 0 Å². The Morgan fingerprint density at radius 3 is 3.00 bits per heavy atom. The van der Waals surface area contributed by atoms with E-state index in [2.05, 4.69) is 4.98 Å². The summed E-state index contributed by atoms with van der Waals surface area (Å²) in [6.07, 6.45) is 1.64. The van der Waals surface area contributed by atoms with Crippen LogP contribution in [0.2, 0.25) is 0 Å². The molecule has 2 aromatic heterocycles. The Labute approximate surface area is 91.0 Å². The second-order valence-electron chi connectivity index (χ2n) is 3.31. The topological polar surface area (TPSA) is 60.9 Å². The zero-order valence-corrected chi connectivity index (χ0v) is 9.12. The molecule has 2 rings (SSSR count). The molecule has 2 N–H and O–H groups in total. The van der Waals surface area contributed by atoms with Crippen LogP contribution in [0.5, 0.6) is 0 Å². The van der Waals surface area contributed by atoms with E-state index in [1.807, 2.05) is 12.3 Å². The van der Waals surface area contributed by atoms with Crippen molar-refractivity contribution in [3.8, 4) is 0 Å². The van der Waals surface area contributed by atoms with Crippen molar-refractivity contribution < 1.29 is 0 Å². The van der Waals surface area contributed by atoms with Crippen molar-refractivity contribution in [2.24, 2.45) is 0 Å². The van der Waals surface area contributed by atoms with Gasteiger partial charge in [-0.05, 0) is 13.0 Å². The lowest BCUT2D eigenvalue weighted by Gasteiger charge is -2.03. The molecule has 0 unspecified atom stereocenters. The highest BCUT2D eigenvalue weighted by Crippen LogP contribution is 2.10. The number of aryl methyl sites for hydroxylation is 1. The predicted molar refractivity (Wildman–Crippen MR) is 61.1 cm³/mol. The fourth-order valence-electron chi connectivity index (χ4n) is 1.29. The standard InChI is InChI=1S/C10H11N3OS/c1-7-6-15-9(12-7)5-13-4-8(11)2-3-10(13)14/h2-4,6H,5,11H2,1H3. The lowest BCUT2D eigenvalue weighted by molar-refractivity contribution is 0.754. The normalized spacial score (nSPS) is 10.5. The van der Waals surface area contributed by atoms with Crippen molar-refractivity contribution in [3.05, 3.63) is 44.8 Å². The maximum atomic E-state index is 11.5. The van der Waals surface area contributed by atoms with Crippen LogP contribution in [0, 0.1) is 6.92 Å². The van der Waals surface area contributed by atoms with E-state index in [0.29, 0.717) is 12.2 Å². The minimum absolute atomic E-state index is 0.0583. The van der Waals surface area contributed by atoms with Crippen LogP contribution in [0.1, 0.15) is 10.7 Å². The van der Waals surface area contributed by atoms with Gasteiger partial charge in [0.1, 0.15) is 5.01 Å². The lowest BCUT2D eigenvalue weighted by Crippen LogP contribution is -2.19. The first-order valence-electron chi connectivity index (χ1n) is 4.52. The molecule has 0 saturated heterocycles. The highest BCUT2D eigenvalue weighted by atomic mass is 32.1. The van der Waals surface area contributed by atoms with E-state index in [0.717, 1.165) is 10.7 Å². The number of pyridine rings is 1. The third-order valence-electron chi connectivity index (χ3n) is 1.98. The van der Waals surface area contributed by atoms with Crippen LogP contribution in [0.4, 0.5) is 5.69 Å². The van der Waals surface area contributed by atoms with Crippen molar-refractivity contribution in [3.63, 3.8) is 0 Å². The summed E-state index contributed by atoms with van der Waals surface area (Å²) >= 11 is 1.55. The van der Waals surface area contributed by atoms with Gasteiger partial charge in [-0.25, -0.2) is 4.98 Å². The predicted octanol–water partition coefficient (Wildman–Crippen LogP) is 1.24. The van der Waals surface area contributed by atoms with Crippen molar-refractivity contribution >= 4 is 17.0 Å². The van der Waals surface area contributed by atoms with Crippen molar-refractivity contribution in [2.45, 2.75) is 13.5 Å². The van der Waals surface area contributed by atoms with Gasteiger partial charge in [-0.3, -0.25) is 4.79 Å². The molecule has 5 heteroatoms. The first-order chi connectivity index (χ1) is 7.15. The van der Waals surface area contributed by atoms with Gasteiger partial charge in [0.15, 0.2) is 0 Å². The second kappa shape index (κ2) is 3.86. The van der Waals surface area contributed by atoms with Gasteiger partial charge in [-0.2, -0.15) is 0 Å². The van der Waals surface area contributed by atoms with Gasteiger partial charge in [0, 0.05) is 29.0 Å². The second-order valence-corrected chi connectivity index (χ2v) is 4.25. The third-order valence-corrected chi connectivity index (χ3v) is 2.93. The summed E-state index contributed by atoms with van der Waals surface area (Å²) in [5.74, 6) is 0. The fourth-order valence-corrected chi connectivity index (χ4v) is 2.06. The fraction of sp³-hybridized carbons (Fsp3) is 0.200. The van der Waals surface area contributed by atoms with Gasteiger partial charge in [-0.15, -0.1) is 11.3 Å². The van der Waals surface area contributed by atoms with Crippen LogP contribution in [0.25, 0.3) is 0 Å². The molecule has 2 aromatic rings. The molecule has 4 nitrogen and oxygen atoms in total. The van der Waals surface area contributed by atoms with Gasteiger partial charge in [0.25, 0.3) is 5.56 Å². The summed E-state index contributed by atoms with van der Waals surface area (Å²) in [5.41, 5.74) is 7.12. The number of anilines is 1. The number of rotatable bonds is 2. The Bertz CT molecular complexity index is 529. The lowest BCUT2D eigenvalue weighted by atomic mass is 10.4. The number of nitrogen functional groups attached to an aromatic ring is 1. The molecule has 2 heterocycles. The number of aromatic nitrogens is 2. The van der Waals surface area contributed by atoms with E-state index < -0.39 is 0 Å². The average molecular weight is 221 g/mol. The minimum atomic E-state index is -0.0583. The number of hydrogen-bond donors (Lipinski definition) is 1. The average Bonchev–Trinajstić information content (AvgIpc) is 2.58. The SMILES string of the molecule is Cc1csc(Cn2cc(N)ccc2=O)n1. The zero-order valence-electron chi connectivity index (χ0n) is 8.30. The van der Waals surface area contributed by atoms with Crippen LogP contribution in [-0.4, -0.2) is 9.55 Å². The van der Waals surface area contributed by atoms with E-state index >= 15 is 0 Å². The maximum Gasteiger partial charge on any atom is 0.251 e. The smallest absolute Gasteiger partial charge is 0.251 e. The van der Waals surface area contributed by atoms with E-state index in [9.17, 15) is 4.79 Å². The Morgan fingerprint density at radius 1 is 1.53 bits per heavy atom.